The van der Waals surface area contributed by atoms with Crippen LogP contribution in [0, 0.1) is 6.92 Å². The summed E-state index contributed by atoms with van der Waals surface area (Å²) in [4.78, 5) is 20.4. The Balaban J connectivity index is 2.27. The zero-order chi connectivity index (χ0) is 13.8. The quantitative estimate of drug-likeness (QED) is 0.852. The van der Waals surface area contributed by atoms with Gasteiger partial charge in [0.25, 0.3) is 0 Å². The molecular weight excluding hydrogens is 264 g/mol. The highest BCUT2D eigenvalue weighted by atomic mass is 35.5. The van der Waals surface area contributed by atoms with Gasteiger partial charge in [0.1, 0.15) is 11.3 Å². The maximum absolute atomic E-state index is 11.5. The van der Waals surface area contributed by atoms with Gasteiger partial charge in [0, 0.05) is 25.7 Å². The summed E-state index contributed by atoms with van der Waals surface area (Å²) >= 11 is 5.91. The average molecular weight is 281 g/mol. The Labute approximate surface area is 117 Å². The number of halogens is 1. The molecule has 2 heterocycles. The molecule has 0 bridgehead atoms. The molecule has 102 valence electrons. The second kappa shape index (κ2) is 6.02. The van der Waals surface area contributed by atoms with Crippen molar-refractivity contribution in [1.82, 2.24) is 19.9 Å². The number of fused-ring (bicyclic) bond motifs is 1. The normalized spacial score (nSPS) is 10.9. The third-order valence-corrected chi connectivity index (χ3v) is 3.10. The fourth-order valence-corrected chi connectivity index (χ4v) is 2.20. The van der Waals surface area contributed by atoms with E-state index in [-0.39, 0.29) is 5.91 Å². The van der Waals surface area contributed by atoms with E-state index in [4.69, 9.17) is 11.6 Å². The second-order valence-corrected chi connectivity index (χ2v) is 4.64. The van der Waals surface area contributed by atoms with Crippen LogP contribution in [0.25, 0.3) is 11.2 Å². The van der Waals surface area contributed by atoms with Crippen LogP contribution in [0.15, 0.2) is 12.3 Å². The van der Waals surface area contributed by atoms with Gasteiger partial charge in [-0.15, -0.1) is 11.6 Å². The highest BCUT2D eigenvalue weighted by molar-refractivity contribution is 6.16. The van der Waals surface area contributed by atoms with E-state index in [1.54, 1.807) is 6.20 Å². The first kappa shape index (κ1) is 13.8. The Hall–Kier alpha value is -1.62. The van der Waals surface area contributed by atoms with E-state index < -0.39 is 0 Å². The number of nitrogens with zero attached hydrogens (tertiary/aromatic N) is 3. The van der Waals surface area contributed by atoms with E-state index in [9.17, 15) is 4.79 Å². The van der Waals surface area contributed by atoms with E-state index in [1.807, 2.05) is 24.5 Å². The third-order valence-electron chi connectivity index (χ3n) is 2.86. The van der Waals surface area contributed by atoms with Crippen LogP contribution in [0.3, 0.4) is 0 Å². The van der Waals surface area contributed by atoms with Crippen LogP contribution in [0.1, 0.15) is 24.7 Å². The van der Waals surface area contributed by atoms with Crippen molar-refractivity contribution in [3.05, 3.63) is 23.7 Å². The largest absolute Gasteiger partial charge is 0.356 e. The van der Waals surface area contributed by atoms with Crippen LogP contribution < -0.4 is 5.32 Å². The molecule has 6 heteroatoms. The molecule has 5 nitrogen and oxygen atoms in total. The number of hydrogen-bond donors (Lipinski definition) is 1. The molecule has 0 aliphatic rings. The van der Waals surface area contributed by atoms with Gasteiger partial charge < -0.3 is 9.88 Å². The lowest BCUT2D eigenvalue weighted by Crippen LogP contribution is -2.24. The standard InChI is InChI=1S/C13H17ClN4O/c1-3-15-12(19)4-5-18-11(7-14)17-10-6-9(2)8-16-13(10)18/h6,8H,3-5,7H2,1-2H3,(H,15,19). The van der Waals surface area contributed by atoms with Crippen LogP contribution in [-0.2, 0) is 17.2 Å². The predicted octanol–water partition coefficient (Wildman–Crippen LogP) is 2.00. The number of alkyl halides is 1. The van der Waals surface area contributed by atoms with Crippen molar-refractivity contribution in [2.45, 2.75) is 32.7 Å². The van der Waals surface area contributed by atoms with Gasteiger partial charge in [-0.25, -0.2) is 9.97 Å². The van der Waals surface area contributed by atoms with E-state index in [1.165, 1.54) is 0 Å². The summed E-state index contributed by atoms with van der Waals surface area (Å²) in [6.07, 6.45) is 2.20. The van der Waals surface area contributed by atoms with Crippen molar-refractivity contribution in [1.29, 1.82) is 0 Å². The van der Waals surface area contributed by atoms with Crippen molar-refractivity contribution in [3.63, 3.8) is 0 Å². The molecule has 2 aromatic heterocycles. The summed E-state index contributed by atoms with van der Waals surface area (Å²) in [6.45, 7) is 5.06. The fourth-order valence-electron chi connectivity index (χ4n) is 1.99. The topological polar surface area (TPSA) is 59.8 Å². The van der Waals surface area contributed by atoms with Gasteiger partial charge in [0.2, 0.25) is 5.91 Å². The Bertz CT molecular complexity index is 594. The molecule has 1 N–H and O–H groups in total. The summed E-state index contributed by atoms with van der Waals surface area (Å²) in [5.41, 5.74) is 2.67. The maximum Gasteiger partial charge on any atom is 0.221 e. The lowest BCUT2D eigenvalue weighted by atomic mass is 10.3. The molecule has 0 unspecified atom stereocenters. The van der Waals surface area contributed by atoms with Crippen LogP contribution in [0.4, 0.5) is 0 Å². The SMILES string of the molecule is CCNC(=O)CCn1c(CCl)nc2cc(C)cnc21. The number of carbonyl (C=O) groups excluding carboxylic acids is 1. The van der Waals surface area contributed by atoms with Crippen molar-refractivity contribution in [2.75, 3.05) is 6.54 Å². The van der Waals surface area contributed by atoms with Gasteiger partial charge >= 0.3 is 0 Å². The number of hydrogen-bond acceptors (Lipinski definition) is 3. The molecule has 0 saturated heterocycles. The van der Waals surface area contributed by atoms with Crippen molar-refractivity contribution in [3.8, 4) is 0 Å². The van der Waals surface area contributed by atoms with Gasteiger partial charge in [-0.05, 0) is 25.5 Å². The molecule has 0 aliphatic heterocycles. The zero-order valence-corrected chi connectivity index (χ0v) is 11.9. The Morgan fingerprint density at radius 2 is 2.32 bits per heavy atom. The zero-order valence-electron chi connectivity index (χ0n) is 11.1. The van der Waals surface area contributed by atoms with E-state index >= 15 is 0 Å². The third kappa shape index (κ3) is 3.04. The minimum Gasteiger partial charge on any atom is -0.356 e. The number of rotatable bonds is 5. The number of aryl methyl sites for hydroxylation is 2. The Morgan fingerprint density at radius 3 is 3.00 bits per heavy atom. The first-order valence-corrected chi connectivity index (χ1v) is 6.83. The number of imidazole rings is 1. The van der Waals surface area contributed by atoms with Crippen LogP contribution in [0.5, 0.6) is 0 Å². The van der Waals surface area contributed by atoms with Crippen molar-refractivity contribution >= 4 is 28.7 Å². The maximum atomic E-state index is 11.5. The number of nitrogens with one attached hydrogen (secondary N) is 1. The molecule has 0 atom stereocenters. The molecule has 19 heavy (non-hydrogen) atoms. The minimum atomic E-state index is 0.0250. The molecule has 0 aromatic carbocycles. The first-order chi connectivity index (χ1) is 9.15. The van der Waals surface area contributed by atoms with E-state index in [2.05, 4.69) is 15.3 Å². The van der Waals surface area contributed by atoms with Crippen molar-refractivity contribution in [2.24, 2.45) is 0 Å². The Kier molecular flexibility index (Phi) is 4.37. The first-order valence-electron chi connectivity index (χ1n) is 6.30. The molecule has 0 spiro atoms. The second-order valence-electron chi connectivity index (χ2n) is 4.37. The molecule has 1 amide bonds. The van der Waals surface area contributed by atoms with Gasteiger partial charge in [-0.3, -0.25) is 4.79 Å². The highest BCUT2D eigenvalue weighted by Gasteiger charge is 2.12. The monoisotopic (exact) mass is 280 g/mol. The minimum absolute atomic E-state index is 0.0250. The lowest BCUT2D eigenvalue weighted by Gasteiger charge is -2.07. The summed E-state index contributed by atoms with van der Waals surface area (Å²) in [6, 6.07) is 1.97. The number of pyridine rings is 1. The smallest absolute Gasteiger partial charge is 0.221 e. The molecule has 0 aliphatic carbocycles. The predicted molar refractivity (Wildman–Crippen MR) is 75.1 cm³/mol. The summed E-state index contributed by atoms with van der Waals surface area (Å²) < 4.78 is 1.91. The van der Waals surface area contributed by atoms with Gasteiger partial charge in [-0.1, -0.05) is 0 Å². The highest BCUT2D eigenvalue weighted by Crippen LogP contribution is 2.17. The molecular formula is C13H17ClN4O. The van der Waals surface area contributed by atoms with Gasteiger partial charge in [0.15, 0.2) is 5.65 Å². The van der Waals surface area contributed by atoms with Crippen LogP contribution in [0.2, 0.25) is 0 Å². The lowest BCUT2D eigenvalue weighted by molar-refractivity contribution is -0.121. The Morgan fingerprint density at radius 1 is 1.53 bits per heavy atom. The molecule has 2 aromatic rings. The molecule has 0 saturated carbocycles. The summed E-state index contributed by atoms with van der Waals surface area (Å²) in [5.74, 6) is 1.08. The number of aromatic nitrogens is 3. The molecule has 2 rings (SSSR count). The van der Waals surface area contributed by atoms with Crippen LogP contribution >= 0.6 is 11.6 Å². The van der Waals surface area contributed by atoms with E-state index in [0.29, 0.717) is 25.4 Å². The van der Waals surface area contributed by atoms with Gasteiger partial charge in [-0.2, -0.15) is 0 Å². The fraction of sp³-hybridized carbons (Fsp3) is 0.462. The molecule has 0 fully saturated rings. The van der Waals surface area contributed by atoms with Gasteiger partial charge in [0.05, 0.1) is 5.88 Å². The average Bonchev–Trinajstić information content (AvgIpc) is 2.73. The van der Waals surface area contributed by atoms with Crippen LogP contribution in [-0.4, -0.2) is 27.0 Å². The van der Waals surface area contributed by atoms with E-state index in [0.717, 1.165) is 22.6 Å². The summed E-state index contributed by atoms with van der Waals surface area (Å²) in [5, 5.41) is 2.78. The van der Waals surface area contributed by atoms with Crippen molar-refractivity contribution < 1.29 is 4.79 Å². The number of amides is 1. The number of carbonyl (C=O) groups is 1. The summed E-state index contributed by atoms with van der Waals surface area (Å²) in [7, 11) is 0. The molecule has 0 radical (unpaired) electrons.